The number of carbonyl (C=O) groups excluding carboxylic acids is 1. The first-order valence-corrected chi connectivity index (χ1v) is 6.63. The summed E-state index contributed by atoms with van der Waals surface area (Å²) >= 11 is 2.19. The molecule has 1 amide bonds. The summed E-state index contributed by atoms with van der Waals surface area (Å²) in [4.78, 5) is 12.0. The summed E-state index contributed by atoms with van der Waals surface area (Å²) in [5, 5.41) is 0. The van der Waals surface area contributed by atoms with Crippen molar-refractivity contribution < 1.29 is 4.79 Å². The monoisotopic (exact) mass is 352 g/mol. The van der Waals surface area contributed by atoms with Gasteiger partial charge in [0.05, 0.1) is 11.3 Å². The van der Waals surface area contributed by atoms with Gasteiger partial charge in [0.15, 0.2) is 0 Å². The molecule has 0 aliphatic heterocycles. The first kappa shape index (κ1) is 12.9. The van der Waals surface area contributed by atoms with E-state index in [9.17, 15) is 4.79 Å². The second-order valence-corrected chi connectivity index (χ2v) is 4.96. The minimum Gasteiger partial charge on any atom is -0.298 e. The highest BCUT2D eigenvalue weighted by atomic mass is 127. The van der Waals surface area contributed by atoms with Crippen LogP contribution in [0.25, 0.3) is 0 Å². The summed E-state index contributed by atoms with van der Waals surface area (Å²) in [5.41, 5.74) is 8.21. The Morgan fingerprint density at radius 1 is 1.06 bits per heavy atom. The number of hydrogen-bond acceptors (Lipinski definition) is 2. The summed E-state index contributed by atoms with van der Waals surface area (Å²) in [7, 11) is 0. The van der Waals surface area contributed by atoms with Crippen LogP contribution in [0.5, 0.6) is 0 Å². The van der Waals surface area contributed by atoms with Crippen LogP contribution in [0.3, 0.4) is 0 Å². The highest BCUT2D eigenvalue weighted by molar-refractivity contribution is 14.1. The number of rotatable bonds is 3. The van der Waals surface area contributed by atoms with Gasteiger partial charge in [-0.3, -0.25) is 15.6 Å². The van der Waals surface area contributed by atoms with Crippen molar-refractivity contribution in [3.05, 3.63) is 63.2 Å². The molecule has 0 saturated carbocycles. The molecule has 0 spiro atoms. The highest BCUT2D eigenvalue weighted by Gasteiger charge is 2.10. The van der Waals surface area contributed by atoms with E-state index in [1.165, 1.54) is 0 Å². The molecule has 2 aromatic carbocycles. The van der Waals surface area contributed by atoms with Gasteiger partial charge in [-0.2, -0.15) is 0 Å². The fourth-order valence-corrected chi connectivity index (χ4v) is 2.15. The van der Waals surface area contributed by atoms with E-state index < -0.39 is 0 Å². The molecule has 0 heterocycles. The van der Waals surface area contributed by atoms with Crippen LogP contribution in [0, 0.1) is 10.5 Å². The molecule has 2 aromatic rings. The average Bonchev–Trinajstić information content (AvgIpc) is 2.40. The van der Waals surface area contributed by atoms with Crippen LogP contribution in [-0.2, 0) is 0 Å². The van der Waals surface area contributed by atoms with Crippen molar-refractivity contribution in [1.82, 2.24) is 5.43 Å². The number of nitrogens with one attached hydrogen (secondary N) is 2. The zero-order chi connectivity index (χ0) is 13.0. The summed E-state index contributed by atoms with van der Waals surface area (Å²) in [6.07, 6.45) is 0. The van der Waals surface area contributed by atoms with Gasteiger partial charge < -0.3 is 0 Å². The lowest BCUT2D eigenvalue weighted by atomic mass is 10.1. The minimum absolute atomic E-state index is 0.132. The van der Waals surface area contributed by atoms with Crippen LogP contribution in [0.15, 0.2) is 48.5 Å². The normalized spacial score (nSPS) is 9.89. The molecule has 2 N–H and O–H groups in total. The Labute approximate surface area is 120 Å². The number of amides is 1. The van der Waals surface area contributed by atoms with Crippen molar-refractivity contribution in [3.63, 3.8) is 0 Å². The first-order chi connectivity index (χ1) is 8.68. The van der Waals surface area contributed by atoms with Crippen molar-refractivity contribution in [2.24, 2.45) is 0 Å². The molecule has 0 radical (unpaired) electrons. The Balaban J connectivity index is 2.07. The van der Waals surface area contributed by atoms with Crippen molar-refractivity contribution in [2.75, 3.05) is 5.43 Å². The number of benzene rings is 2. The maximum absolute atomic E-state index is 12.0. The van der Waals surface area contributed by atoms with E-state index in [0.29, 0.717) is 5.56 Å². The van der Waals surface area contributed by atoms with Crippen LogP contribution < -0.4 is 10.9 Å². The molecule has 18 heavy (non-hydrogen) atoms. The van der Waals surface area contributed by atoms with Crippen LogP contribution in [0.4, 0.5) is 5.69 Å². The third kappa shape index (κ3) is 3.01. The molecule has 0 unspecified atom stereocenters. The number of hydrazine groups is 1. The predicted molar refractivity (Wildman–Crippen MR) is 81.4 cm³/mol. The number of aryl methyl sites for hydroxylation is 1. The summed E-state index contributed by atoms with van der Waals surface area (Å²) in [5.74, 6) is -0.132. The first-order valence-electron chi connectivity index (χ1n) is 5.55. The van der Waals surface area contributed by atoms with Crippen molar-refractivity contribution >= 4 is 34.2 Å². The highest BCUT2D eigenvalue weighted by Crippen LogP contribution is 2.16. The molecule has 0 aromatic heterocycles. The van der Waals surface area contributed by atoms with Gasteiger partial charge in [-0.15, -0.1) is 0 Å². The second-order valence-electron chi connectivity index (χ2n) is 3.88. The van der Waals surface area contributed by atoms with Crippen LogP contribution in [0.1, 0.15) is 15.9 Å². The number of hydrogen-bond donors (Lipinski definition) is 2. The average molecular weight is 352 g/mol. The predicted octanol–water partition coefficient (Wildman–Crippen LogP) is 3.36. The Morgan fingerprint density at radius 2 is 1.78 bits per heavy atom. The van der Waals surface area contributed by atoms with Gasteiger partial charge in [-0.05, 0) is 53.3 Å². The van der Waals surface area contributed by atoms with E-state index in [4.69, 9.17) is 0 Å². The topological polar surface area (TPSA) is 41.1 Å². The van der Waals surface area contributed by atoms with Gasteiger partial charge in [0.2, 0.25) is 0 Å². The Kier molecular flexibility index (Phi) is 4.19. The molecule has 0 saturated heterocycles. The molecule has 4 heteroatoms. The molecule has 2 rings (SSSR count). The largest absolute Gasteiger partial charge is 0.298 e. The maximum Gasteiger partial charge on any atom is 0.270 e. The molecule has 92 valence electrons. The van der Waals surface area contributed by atoms with Crippen LogP contribution in [0.2, 0.25) is 0 Å². The lowest BCUT2D eigenvalue weighted by Crippen LogP contribution is -2.30. The second kappa shape index (κ2) is 5.86. The lowest BCUT2D eigenvalue weighted by molar-refractivity contribution is 0.0961. The van der Waals surface area contributed by atoms with Crippen molar-refractivity contribution in [1.29, 1.82) is 0 Å². The smallest absolute Gasteiger partial charge is 0.270 e. The summed E-state index contributed by atoms with van der Waals surface area (Å²) in [6.45, 7) is 1.99. The molecule has 0 bridgehead atoms. The third-order valence-corrected chi connectivity index (χ3v) is 3.96. The molecule has 0 aliphatic carbocycles. The summed E-state index contributed by atoms with van der Waals surface area (Å²) < 4.78 is 0.975. The standard InChI is InChI=1S/C14H13IN2O/c1-10-6-5-9-12(13(10)15)14(18)17-16-11-7-3-2-4-8-11/h2-9,16H,1H3,(H,17,18). The fraction of sp³-hybridized carbons (Fsp3) is 0.0714. The Bertz CT molecular complexity index is 555. The number of carbonyl (C=O) groups is 1. The number of para-hydroxylation sites is 1. The van der Waals surface area contributed by atoms with Crippen molar-refractivity contribution in [3.8, 4) is 0 Å². The van der Waals surface area contributed by atoms with Gasteiger partial charge in [-0.1, -0.05) is 30.3 Å². The molecule has 0 atom stereocenters. The molecular formula is C14H13IN2O. The minimum atomic E-state index is -0.132. The van der Waals surface area contributed by atoms with Gasteiger partial charge in [0.25, 0.3) is 5.91 Å². The third-order valence-electron chi connectivity index (χ3n) is 2.53. The summed E-state index contributed by atoms with van der Waals surface area (Å²) in [6, 6.07) is 15.2. The molecule has 3 nitrogen and oxygen atoms in total. The van der Waals surface area contributed by atoms with Gasteiger partial charge >= 0.3 is 0 Å². The zero-order valence-corrected chi connectivity index (χ0v) is 12.1. The van der Waals surface area contributed by atoms with E-state index in [2.05, 4.69) is 33.4 Å². The Hall–Kier alpha value is -1.56. The van der Waals surface area contributed by atoms with E-state index in [1.54, 1.807) is 0 Å². The number of halogens is 1. The quantitative estimate of drug-likeness (QED) is 0.657. The van der Waals surface area contributed by atoms with E-state index in [0.717, 1.165) is 14.8 Å². The molecule has 0 fully saturated rings. The van der Waals surface area contributed by atoms with Gasteiger partial charge in [-0.25, -0.2) is 0 Å². The number of anilines is 1. The molecular weight excluding hydrogens is 339 g/mol. The van der Waals surface area contributed by atoms with E-state index in [-0.39, 0.29) is 5.91 Å². The van der Waals surface area contributed by atoms with E-state index >= 15 is 0 Å². The van der Waals surface area contributed by atoms with E-state index in [1.807, 2.05) is 55.5 Å². The van der Waals surface area contributed by atoms with Crippen LogP contribution >= 0.6 is 22.6 Å². The Morgan fingerprint density at radius 3 is 2.50 bits per heavy atom. The SMILES string of the molecule is Cc1cccc(C(=O)NNc2ccccc2)c1I. The zero-order valence-electron chi connectivity index (χ0n) is 9.91. The maximum atomic E-state index is 12.0. The lowest BCUT2D eigenvalue weighted by Gasteiger charge is -2.10. The van der Waals surface area contributed by atoms with Crippen LogP contribution in [-0.4, -0.2) is 5.91 Å². The van der Waals surface area contributed by atoms with Crippen molar-refractivity contribution in [2.45, 2.75) is 6.92 Å². The van der Waals surface area contributed by atoms with Gasteiger partial charge in [0, 0.05) is 3.57 Å². The molecule has 0 aliphatic rings. The van der Waals surface area contributed by atoms with Gasteiger partial charge in [0.1, 0.15) is 0 Å². The fourth-order valence-electron chi connectivity index (χ4n) is 1.54.